The van der Waals surface area contributed by atoms with E-state index in [2.05, 4.69) is 0 Å². The first-order valence-corrected chi connectivity index (χ1v) is 12.9. The molecule has 0 amide bonds. The van der Waals surface area contributed by atoms with Gasteiger partial charge in [0.1, 0.15) is 0 Å². The first-order valence-electron chi connectivity index (χ1n) is 6.16. The third-order valence-corrected chi connectivity index (χ3v) is 7.56. The van der Waals surface area contributed by atoms with Gasteiger partial charge in [-0.2, -0.15) is 0 Å². The molecule has 0 radical (unpaired) electrons. The van der Waals surface area contributed by atoms with Gasteiger partial charge in [0.15, 0.2) is 17.7 Å². The Bertz CT molecular complexity index is 590. The van der Waals surface area contributed by atoms with E-state index in [0.29, 0.717) is 24.6 Å². The Labute approximate surface area is 134 Å². The van der Waals surface area contributed by atoms with Crippen LogP contribution < -0.4 is 4.90 Å². The SMILES string of the molecule is CS(=O)(=O)SCCN(CCSS(C)(=O)=O)c1ccccc1. The van der Waals surface area contributed by atoms with Crippen LogP contribution in [0.15, 0.2) is 30.3 Å². The van der Waals surface area contributed by atoms with Crippen molar-refractivity contribution in [1.29, 1.82) is 0 Å². The molecule has 0 aliphatic rings. The molecule has 0 N–H and O–H groups in total. The molecule has 0 aliphatic carbocycles. The molecule has 9 heteroatoms. The van der Waals surface area contributed by atoms with Crippen LogP contribution in [0.5, 0.6) is 0 Å². The highest BCUT2D eigenvalue weighted by atomic mass is 33.1. The van der Waals surface area contributed by atoms with Crippen molar-refractivity contribution in [1.82, 2.24) is 0 Å². The van der Waals surface area contributed by atoms with Crippen LogP contribution in [0.1, 0.15) is 0 Å². The van der Waals surface area contributed by atoms with E-state index in [-0.39, 0.29) is 0 Å². The molecule has 1 rings (SSSR count). The van der Waals surface area contributed by atoms with Crippen LogP contribution in [0.25, 0.3) is 0 Å². The van der Waals surface area contributed by atoms with Gasteiger partial charge in [0.05, 0.1) is 0 Å². The minimum atomic E-state index is -3.06. The molecule has 5 nitrogen and oxygen atoms in total. The average molecular weight is 370 g/mol. The topological polar surface area (TPSA) is 71.5 Å². The number of anilines is 1. The van der Waals surface area contributed by atoms with Crippen molar-refractivity contribution in [3.05, 3.63) is 30.3 Å². The van der Waals surface area contributed by atoms with Crippen LogP contribution in [0.3, 0.4) is 0 Å². The summed E-state index contributed by atoms with van der Waals surface area (Å²) in [5.41, 5.74) is 0.959. The Kier molecular flexibility index (Phi) is 7.38. The Morgan fingerprint density at radius 2 is 1.29 bits per heavy atom. The summed E-state index contributed by atoms with van der Waals surface area (Å²) in [4.78, 5) is 2.00. The molecular weight excluding hydrogens is 350 g/mol. The number of nitrogens with zero attached hydrogens (tertiary/aromatic N) is 1. The van der Waals surface area contributed by atoms with Crippen LogP contribution in [-0.2, 0) is 17.7 Å². The van der Waals surface area contributed by atoms with Gasteiger partial charge < -0.3 is 4.90 Å². The second-order valence-corrected chi connectivity index (χ2v) is 13.5. The summed E-state index contributed by atoms with van der Waals surface area (Å²) in [7, 11) is -4.31. The van der Waals surface area contributed by atoms with Crippen molar-refractivity contribution >= 4 is 45.0 Å². The highest BCUT2D eigenvalue weighted by Gasteiger charge is 2.11. The van der Waals surface area contributed by atoms with E-state index in [1.807, 2.05) is 35.2 Å². The molecule has 0 atom stereocenters. The predicted molar refractivity (Wildman–Crippen MR) is 93.3 cm³/mol. The molecule has 0 unspecified atom stereocenters. The average Bonchev–Trinajstić information content (AvgIpc) is 2.35. The lowest BCUT2D eigenvalue weighted by molar-refractivity contribution is 0.614. The van der Waals surface area contributed by atoms with Crippen LogP contribution in [-0.4, -0.2) is 53.9 Å². The van der Waals surface area contributed by atoms with E-state index in [1.54, 1.807) is 0 Å². The normalized spacial score (nSPS) is 12.3. The Hall–Kier alpha value is -0.380. The van der Waals surface area contributed by atoms with Crippen LogP contribution in [0, 0.1) is 0 Å². The highest BCUT2D eigenvalue weighted by molar-refractivity contribution is 8.72. The summed E-state index contributed by atoms with van der Waals surface area (Å²) in [6.07, 6.45) is 2.37. The molecule has 120 valence electrons. The smallest absolute Gasteiger partial charge is 0.198 e. The number of benzene rings is 1. The molecule has 0 bridgehead atoms. The molecule has 0 aliphatic heterocycles. The maximum Gasteiger partial charge on any atom is 0.198 e. The van der Waals surface area contributed by atoms with Gasteiger partial charge in [-0.3, -0.25) is 0 Å². The second kappa shape index (κ2) is 8.30. The maximum absolute atomic E-state index is 11.2. The summed E-state index contributed by atoms with van der Waals surface area (Å²) in [6, 6.07) is 9.55. The van der Waals surface area contributed by atoms with Crippen LogP contribution in [0.4, 0.5) is 5.69 Å². The fourth-order valence-corrected chi connectivity index (χ4v) is 5.07. The number of para-hydroxylation sites is 1. The van der Waals surface area contributed by atoms with E-state index in [0.717, 1.165) is 27.3 Å². The Morgan fingerprint density at radius 1 is 0.857 bits per heavy atom. The lowest BCUT2D eigenvalue weighted by Gasteiger charge is -2.24. The van der Waals surface area contributed by atoms with Crippen molar-refractivity contribution in [3.63, 3.8) is 0 Å². The van der Waals surface area contributed by atoms with Gasteiger partial charge in [0.25, 0.3) is 0 Å². The summed E-state index contributed by atoms with van der Waals surface area (Å²) < 4.78 is 44.6. The standard InChI is InChI=1S/C12H19NO4S4/c1-20(14,15)18-10-8-13(9-11-19-21(2,16)17)12-6-4-3-5-7-12/h3-7H,8-11H2,1-2H3. The first-order chi connectivity index (χ1) is 9.67. The van der Waals surface area contributed by atoms with Crippen molar-refractivity contribution in [2.24, 2.45) is 0 Å². The lowest BCUT2D eigenvalue weighted by Crippen LogP contribution is -2.28. The molecule has 1 aromatic rings. The quantitative estimate of drug-likeness (QED) is 0.615. The molecule has 0 spiro atoms. The largest absolute Gasteiger partial charge is 0.370 e. The van der Waals surface area contributed by atoms with Gasteiger partial charge in [0, 0.05) is 42.8 Å². The minimum absolute atomic E-state index is 0.442. The zero-order valence-electron chi connectivity index (χ0n) is 11.9. The van der Waals surface area contributed by atoms with Gasteiger partial charge in [-0.1, -0.05) is 18.2 Å². The van der Waals surface area contributed by atoms with E-state index < -0.39 is 17.7 Å². The molecular formula is C12H19NO4S4. The summed E-state index contributed by atoms with van der Waals surface area (Å²) in [5, 5.41) is 0. The van der Waals surface area contributed by atoms with Gasteiger partial charge in [-0.25, -0.2) is 16.8 Å². The number of hydrogen-bond acceptors (Lipinski definition) is 7. The fraction of sp³-hybridized carbons (Fsp3) is 0.500. The van der Waals surface area contributed by atoms with Crippen molar-refractivity contribution < 1.29 is 16.8 Å². The Morgan fingerprint density at radius 3 is 1.67 bits per heavy atom. The fourth-order valence-electron chi connectivity index (χ4n) is 1.61. The predicted octanol–water partition coefficient (Wildman–Crippen LogP) is 1.88. The molecule has 1 aromatic carbocycles. The van der Waals surface area contributed by atoms with Crippen LogP contribution >= 0.6 is 21.6 Å². The second-order valence-electron chi connectivity index (χ2n) is 4.37. The lowest BCUT2D eigenvalue weighted by atomic mass is 10.3. The third-order valence-electron chi connectivity index (χ3n) is 2.44. The number of hydrogen-bond donors (Lipinski definition) is 0. The third kappa shape index (κ3) is 9.28. The van der Waals surface area contributed by atoms with E-state index in [9.17, 15) is 16.8 Å². The summed E-state index contributed by atoms with van der Waals surface area (Å²) in [6.45, 7) is 1.10. The molecule has 0 fully saturated rings. The molecule has 21 heavy (non-hydrogen) atoms. The van der Waals surface area contributed by atoms with E-state index in [4.69, 9.17) is 0 Å². The zero-order valence-corrected chi connectivity index (χ0v) is 15.2. The molecule has 0 saturated heterocycles. The van der Waals surface area contributed by atoms with Gasteiger partial charge >= 0.3 is 0 Å². The van der Waals surface area contributed by atoms with E-state index in [1.165, 1.54) is 12.5 Å². The van der Waals surface area contributed by atoms with Crippen molar-refractivity contribution in [2.45, 2.75) is 0 Å². The van der Waals surface area contributed by atoms with Gasteiger partial charge in [-0.15, -0.1) is 0 Å². The Balaban J connectivity index is 2.62. The molecule has 0 heterocycles. The van der Waals surface area contributed by atoms with E-state index >= 15 is 0 Å². The maximum atomic E-state index is 11.2. The minimum Gasteiger partial charge on any atom is -0.370 e. The monoisotopic (exact) mass is 369 g/mol. The first kappa shape index (κ1) is 18.7. The van der Waals surface area contributed by atoms with Gasteiger partial charge in [-0.05, 0) is 33.7 Å². The molecule has 0 saturated carbocycles. The summed E-state index contributed by atoms with van der Waals surface area (Å²) >= 11 is 0. The van der Waals surface area contributed by atoms with Crippen molar-refractivity contribution in [2.75, 3.05) is 42.0 Å². The van der Waals surface area contributed by atoms with Gasteiger partial charge in [0.2, 0.25) is 0 Å². The van der Waals surface area contributed by atoms with Crippen molar-refractivity contribution in [3.8, 4) is 0 Å². The highest BCUT2D eigenvalue weighted by Crippen LogP contribution is 2.18. The van der Waals surface area contributed by atoms with Crippen LogP contribution in [0.2, 0.25) is 0 Å². The number of rotatable bonds is 9. The zero-order chi connectivity index (χ0) is 15.9. The summed E-state index contributed by atoms with van der Waals surface area (Å²) in [5.74, 6) is 0.883. The molecule has 0 aromatic heterocycles.